The molecule has 0 atom stereocenters. The lowest BCUT2D eigenvalue weighted by Gasteiger charge is -2.31. The number of aromatic hydroxyl groups is 2. The summed E-state index contributed by atoms with van der Waals surface area (Å²) in [5.41, 5.74) is -0.186. The lowest BCUT2D eigenvalue weighted by atomic mass is 10.2. The molecule has 0 saturated heterocycles. The highest BCUT2D eigenvalue weighted by molar-refractivity contribution is 6.04. The van der Waals surface area contributed by atoms with Crippen molar-refractivity contribution in [3.8, 4) is 17.2 Å². The molecule has 1 aromatic heterocycles. The van der Waals surface area contributed by atoms with E-state index in [1.165, 1.54) is 40.7 Å². The number of nitrogens with zero attached hydrogens (tertiary/aromatic N) is 2. The van der Waals surface area contributed by atoms with Crippen LogP contribution in [0.2, 0.25) is 0 Å². The minimum atomic E-state index is -0.671. The lowest BCUT2D eigenvalue weighted by molar-refractivity contribution is 0.0632. The number of hydrogen-bond acceptors (Lipinski definition) is 4. The van der Waals surface area contributed by atoms with Crippen molar-refractivity contribution in [1.82, 2.24) is 9.47 Å². The van der Waals surface area contributed by atoms with Crippen molar-refractivity contribution in [1.29, 1.82) is 0 Å². The Morgan fingerprint density at radius 3 is 1.85 bits per heavy atom. The van der Waals surface area contributed by atoms with Crippen LogP contribution in [0.25, 0.3) is 5.69 Å². The van der Waals surface area contributed by atoms with E-state index >= 15 is 0 Å². The Hall–Kier alpha value is -2.83. The van der Waals surface area contributed by atoms with Gasteiger partial charge in [0.1, 0.15) is 11.5 Å². The van der Waals surface area contributed by atoms with E-state index in [0.717, 1.165) is 0 Å². The average molecular weight is 362 g/mol. The smallest absolute Gasteiger partial charge is 0.275 e. The highest BCUT2D eigenvalue weighted by Gasteiger charge is 2.34. The first-order chi connectivity index (χ1) is 12.1. The zero-order valence-electron chi connectivity index (χ0n) is 15.4. The second-order valence-corrected chi connectivity index (χ2v) is 6.66. The van der Waals surface area contributed by atoms with Gasteiger partial charge in [0.25, 0.3) is 5.91 Å². The Morgan fingerprint density at radius 2 is 1.42 bits per heavy atom. The van der Waals surface area contributed by atoms with Crippen molar-refractivity contribution < 1.29 is 24.2 Å². The van der Waals surface area contributed by atoms with Crippen LogP contribution in [0.1, 0.15) is 55.6 Å². The zero-order chi connectivity index (χ0) is 19.8. The first-order valence-electron chi connectivity index (χ1n) is 8.34. The maximum atomic E-state index is 13.3. The Kier molecular flexibility index (Phi) is 5.39. The fourth-order valence-corrected chi connectivity index (χ4v) is 3.10. The molecular formula is C19H23FN2O4. The SMILES string of the molecule is CC(=O)c1c(O)c(O)c(C(=O)N(C(C)C)C(C)C)n1-c1ccc(F)cc1. The molecule has 1 aromatic carbocycles. The third-order valence-electron chi connectivity index (χ3n) is 4.09. The van der Waals surface area contributed by atoms with Crippen LogP contribution >= 0.6 is 0 Å². The fourth-order valence-electron chi connectivity index (χ4n) is 3.10. The van der Waals surface area contributed by atoms with Gasteiger partial charge in [0, 0.05) is 24.7 Å². The van der Waals surface area contributed by atoms with Crippen LogP contribution in [-0.4, -0.2) is 43.5 Å². The molecule has 7 heteroatoms. The summed E-state index contributed by atoms with van der Waals surface area (Å²) in [6.45, 7) is 8.51. The van der Waals surface area contributed by atoms with Crippen LogP contribution in [0.4, 0.5) is 4.39 Å². The van der Waals surface area contributed by atoms with Gasteiger partial charge in [-0.25, -0.2) is 4.39 Å². The number of Topliss-reactive ketones (excluding diaryl/α,β-unsaturated/α-hetero) is 1. The topological polar surface area (TPSA) is 82.8 Å². The molecule has 0 aliphatic rings. The van der Waals surface area contributed by atoms with Crippen LogP contribution < -0.4 is 0 Å². The summed E-state index contributed by atoms with van der Waals surface area (Å²) in [6, 6.07) is 4.72. The van der Waals surface area contributed by atoms with Crippen LogP contribution in [0.5, 0.6) is 11.5 Å². The number of amides is 1. The van der Waals surface area contributed by atoms with E-state index in [1.54, 1.807) is 0 Å². The molecular weight excluding hydrogens is 339 g/mol. The van der Waals surface area contributed by atoms with Gasteiger partial charge in [-0.1, -0.05) is 0 Å². The van der Waals surface area contributed by atoms with Gasteiger partial charge in [-0.05, 0) is 52.0 Å². The van der Waals surface area contributed by atoms with Crippen molar-refractivity contribution in [2.45, 2.75) is 46.7 Å². The number of benzene rings is 1. The van der Waals surface area contributed by atoms with Gasteiger partial charge in [-0.2, -0.15) is 0 Å². The lowest BCUT2D eigenvalue weighted by Crippen LogP contribution is -2.42. The molecule has 0 bridgehead atoms. The quantitative estimate of drug-likeness (QED) is 0.798. The first kappa shape index (κ1) is 19.5. The van der Waals surface area contributed by atoms with Gasteiger partial charge in [0.15, 0.2) is 23.0 Å². The summed E-state index contributed by atoms with van der Waals surface area (Å²) in [7, 11) is 0. The maximum Gasteiger partial charge on any atom is 0.275 e. The summed E-state index contributed by atoms with van der Waals surface area (Å²) in [5, 5.41) is 20.7. The van der Waals surface area contributed by atoms with Gasteiger partial charge >= 0.3 is 0 Å². The maximum absolute atomic E-state index is 13.3. The predicted octanol–water partition coefficient (Wildman–Crippen LogP) is 3.49. The van der Waals surface area contributed by atoms with Crippen LogP contribution in [-0.2, 0) is 0 Å². The largest absolute Gasteiger partial charge is 0.503 e. The summed E-state index contributed by atoms with van der Waals surface area (Å²) < 4.78 is 14.5. The minimum Gasteiger partial charge on any atom is -0.503 e. The highest BCUT2D eigenvalue weighted by Crippen LogP contribution is 2.39. The Morgan fingerprint density at radius 1 is 0.962 bits per heavy atom. The van der Waals surface area contributed by atoms with E-state index in [0.29, 0.717) is 0 Å². The molecule has 0 radical (unpaired) electrons. The molecule has 1 amide bonds. The first-order valence-corrected chi connectivity index (χ1v) is 8.34. The molecule has 0 saturated carbocycles. The van der Waals surface area contributed by atoms with Gasteiger partial charge in [0.05, 0.1) is 0 Å². The number of rotatable bonds is 5. The van der Waals surface area contributed by atoms with Gasteiger partial charge in [-0.15, -0.1) is 0 Å². The molecule has 0 fully saturated rings. The van der Waals surface area contributed by atoms with Gasteiger partial charge in [-0.3, -0.25) is 14.2 Å². The normalized spacial score (nSPS) is 11.2. The van der Waals surface area contributed by atoms with E-state index in [9.17, 15) is 24.2 Å². The van der Waals surface area contributed by atoms with Crippen molar-refractivity contribution in [2.75, 3.05) is 0 Å². The number of hydrogen-bond donors (Lipinski definition) is 2. The number of halogens is 1. The molecule has 0 aliphatic carbocycles. The van der Waals surface area contributed by atoms with Crippen LogP contribution in [0.3, 0.4) is 0 Å². The Labute approximate surface area is 151 Å². The number of carbonyl (C=O) groups is 2. The highest BCUT2D eigenvalue weighted by atomic mass is 19.1. The summed E-state index contributed by atoms with van der Waals surface area (Å²) in [6.07, 6.45) is 0. The average Bonchev–Trinajstić information content (AvgIpc) is 2.79. The Bertz CT molecular complexity index is 830. The molecule has 26 heavy (non-hydrogen) atoms. The molecule has 0 spiro atoms. The molecule has 2 N–H and O–H groups in total. The van der Waals surface area contributed by atoms with E-state index in [2.05, 4.69) is 0 Å². The van der Waals surface area contributed by atoms with Crippen molar-refractivity contribution in [2.24, 2.45) is 0 Å². The van der Waals surface area contributed by atoms with Gasteiger partial charge < -0.3 is 15.1 Å². The zero-order valence-corrected chi connectivity index (χ0v) is 15.4. The third-order valence-corrected chi connectivity index (χ3v) is 4.09. The van der Waals surface area contributed by atoms with E-state index < -0.39 is 29.0 Å². The van der Waals surface area contributed by atoms with Crippen LogP contribution in [0, 0.1) is 5.82 Å². The standard InChI is InChI=1S/C19H23FN2O4/c1-10(2)21(11(3)4)19(26)16-18(25)17(24)15(12(5)23)22(16)14-8-6-13(20)7-9-14/h6-11,24-25H,1-5H3. The molecule has 0 aliphatic heterocycles. The number of ketones is 1. The molecule has 2 rings (SSSR count). The number of carbonyl (C=O) groups excluding carboxylic acids is 2. The van der Waals surface area contributed by atoms with Crippen molar-refractivity contribution in [3.05, 3.63) is 41.5 Å². The summed E-state index contributed by atoms with van der Waals surface area (Å²) in [4.78, 5) is 26.7. The minimum absolute atomic E-state index is 0.179. The monoisotopic (exact) mass is 362 g/mol. The second kappa shape index (κ2) is 7.19. The van der Waals surface area contributed by atoms with E-state index in [-0.39, 0.29) is 29.2 Å². The van der Waals surface area contributed by atoms with E-state index in [1.807, 2.05) is 27.7 Å². The van der Waals surface area contributed by atoms with Crippen molar-refractivity contribution >= 4 is 11.7 Å². The predicted molar refractivity (Wildman–Crippen MR) is 95.5 cm³/mol. The van der Waals surface area contributed by atoms with Crippen LogP contribution in [0.15, 0.2) is 24.3 Å². The Balaban J connectivity index is 2.81. The summed E-state index contributed by atoms with van der Waals surface area (Å²) >= 11 is 0. The molecule has 2 aromatic rings. The molecule has 1 heterocycles. The summed E-state index contributed by atoms with van der Waals surface area (Å²) in [5.74, 6) is -2.91. The fraction of sp³-hybridized carbons (Fsp3) is 0.368. The van der Waals surface area contributed by atoms with E-state index in [4.69, 9.17) is 0 Å². The number of aromatic nitrogens is 1. The van der Waals surface area contributed by atoms with Gasteiger partial charge in [0.2, 0.25) is 0 Å². The molecule has 6 nitrogen and oxygen atoms in total. The molecule has 140 valence electrons. The van der Waals surface area contributed by atoms with Crippen molar-refractivity contribution in [3.63, 3.8) is 0 Å². The second-order valence-electron chi connectivity index (χ2n) is 6.66. The molecule has 0 unspecified atom stereocenters. The third kappa shape index (κ3) is 3.29.